The van der Waals surface area contributed by atoms with Crippen molar-refractivity contribution in [3.8, 4) is 0 Å². The maximum atomic E-state index is 12.9. The molecule has 0 aromatic heterocycles. The van der Waals surface area contributed by atoms with Crippen LogP contribution in [-0.2, 0) is 0 Å². The fourth-order valence-electron chi connectivity index (χ4n) is 2.85. The van der Waals surface area contributed by atoms with E-state index >= 15 is 0 Å². The molecule has 0 unspecified atom stereocenters. The van der Waals surface area contributed by atoms with Crippen molar-refractivity contribution < 1.29 is 14.0 Å². The molecule has 7 heteroatoms. The third kappa shape index (κ3) is 4.52. The Labute approximate surface area is 156 Å². The molecule has 1 fully saturated rings. The van der Waals surface area contributed by atoms with Crippen molar-refractivity contribution in [3.05, 3.63) is 64.9 Å². The Kier molecular flexibility index (Phi) is 5.73. The lowest BCUT2D eigenvalue weighted by atomic mass is 10.0. The number of urea groups is 1. The summed E-state index contributed by atoms with van der Waals surface area (Å²) in [5, 5.41) is 6.22. The minimum Gasteiger partial charge on any atom is -0.349 e. The molecule has 3 rings (SSSR count). The van der Waals surface area contributed by atoms with Crippen molar-refractivity contribution in [2.75, 3.05) is 18.4 Å². The van der Waals surface area contributed by atoms with E-state index in [1.165, 1.54) is 24.3 Å². The van der Waals surface area contributed by atoms with Gasteiger partial charge in [0.25, 0.3) is 5.91 Å². The van der Waals surface area contributed by atoms with Gasteiger partial charge in [0.05, 0.1) is 10.7 Å². The number of carbonyl (C=O) groups excluding carboxylic acids is 2. The normalized spacial score (nSPS) is 14.8. The summed E-state index contributed by atoms with van der Waals surface area (Å²) in [5.41, 5.74) is 0.996. The van der Waals surface area contributed by atoms with Crippen LogP contribution in [0, 0.1) is 5.82 Å². The van der Waals surface area contributed by atoms with Gasteiger partial charge >= 0.3 is 6.03 Å². The van der Waals surface area contributed by atoms with Crippen molar-refractivity contribution in [1.82, 2.24) is 10.2 Å². The van der Waals surface area contributed by atoms with Crippen LogP contribution < -0.4 is 10.6 Å². The molecule has 0 saturated carbocycles. The number of nitrogens with zero attached hydrogens (tertiary/aromatic N) is 1. The van der Waals surface area contributed by atoms with Crippen LogP contribution in [-0.4, -0.2) is 36.0 Å². The van der Waals surface area contributed by atoms with Crippen LogP contribution in [0.4, 0.5) is 14.9 Å². The second kappa shape index (κ2) is 8.19. The molecule has 0 bridgehead atoms. The van der Waals surface area contributed by atoms with Crippen LogP contribution in [0.2, 0.25) is 5.02 Å². The second-order valence-electron chi connectivity index (χ2n) is 6.15. The first-order valence-electron chi connectivity index (χ1n) is 8.40. The average molecular weight is 376 g/mol. The Morgan fingerprint density at radius 2 is 1.69 bits per heavy atom. The number of carbonyl (C=O) groups is 2. The van der Waals surface area contributed by atoms with E-state index in [2.05, 4.69) is 10.6 Å². The monoisotopic (exact) mass is 375 g/mol. The molecule has 0 spiro atoms. The molecule has 0 atom stereocenters. The van der Waals surface area contributed by atoms with E-state index in [9.17, 15) is 14.0 Å². The minimum atomic E-state index is -0.376. The van der Waals surface area contributed by atoms with E-state index in [4.69, 9.17) is 11.6 Å². The third-order valence-electron chi connectivity index (χ3n) is 4.34. The summed E-state index contributed by atoms with van der Waals surface area (Å²) in [7, 11) is 0. The molecule has 1 aliphatic heterocycles. The van der Waals surface area contributed by atoms with E-state index in [1.807, 2.05) is 0 Å². The summed E-state index contributed by atoms with van der Waals surface area (Å²) in [4.78, 5) is 26.2. The van der Waals surface area contributed by atoms with Gasteiger partial charge in [0.2, 0.25) is 0 Å². The smallest absolute Gasteiger partial charge is 0.321 e. The number of benzene rings is 2. The fraction of sp³-hybridized carbons (Fsp3) is 0.263. The predicted molar refractivity (Wildman–Crippen MR) is 98.9 cm³/mol. The van der Waals surface area contributed by atoms with E-state index in [1.54, 1.807) is 29.2 Å². The maximum absolute atomic E-state index is 12.9. The summed E-state index contributed by atoms with van der Waals surface area (Å²) in [6, 6.07) is 12.3. The summed E-state index contributed by atoms with van der Waals surface area (Å²) < 4.78 is 12.9. The van der Waals surface area contributed by atoms with Crippen LogP contribution in [0.5, 0.6) is 0 Å². The van der Waals surface area contributed by atoms with Gasteiger partial charge in [-0.2, -0.15) is 0 Å². The van der Waals surface area contributed by atoms with Gasteiger partial charge in [-0.3, -0.25) is 4.79 Å². The van der Waals surface area contributed by atoms with Crippen LogP contribution >= 0.6 is 11.6 Å². The summed E-state index contributed by atoms with van der Waals surface area (Å²) in [6.45, 7) is 1.06. The molecule has 3 amide bonds. The number of hydrogen-bond acceptors (Lipinski definition) is 2. The number of amides is 3. The van der Waals surface area contributed by atoms with Crippen molar-refractivity contribution in [2.45, 2.75) is 18.9 Å². The molecule has 0 radical (unpaired) electrons. The van der Waals surface area contributed by atoms with Gasteiger partial charge in [0.15, 0.2) is 0 Å². The lowest BCUT2D eigenvalue weighted by Crippen LogP contribution is -2.47. The quantitative estimate of drug-likeness (QED) is 0.854. The lowest BCUT2D eigenvalue weighted by Gasteiger charge is -2.32. The first-order chi connectivity index (χ1) is 12.5. The van der Waals surface area contributed by atoms with Gasteiger partial charge in [-0.1, -0.05) is 23.7 Å². The van der Waals surface area contributed by atoms with Crippen LogP contribution in [0.25, 0.3) is 0 Å². The first kappa shape index (κ1) is 18.2. The zero-order chi connectivity index (χ0) is 18.5. The minimum absolute atomic E-state index is 0.0167. The predicted octanol–water partition coefficient (Wildman–Crippen LogP) is 3.91. The molecule has 1 aliphatic rings. The van der Waals surface area contributed by atoms with Crippen molar-refractivity contribution in [2.24, 2.45) is 0 Å². The molecule has 1 heterocycles. The number of para-hydroxylation sites is 1. The Morgan fingerprint density at radius 1 is 1.04 bits per heavy atom. The summed E-state index contributed by atoms with van der Waals surface area (Å²) in [5.74, 6) is -0.608. The number of rotatable bonds is 3. The number of likely N-dealkylation sites (tertiary alicyclic amines) is 1. The Balaban J connectivity index is 1.49. The van der Waals surface area contributed by atoms with Crippen molar-refractivity contribution in [3.63, 3.8) is 0 Å². The molecule has 5 nitrogen and oxygen atoms in total. The summed E-state index contributed by atoms with van der Waals surface area (Å²) >= 11 is 6.05. The molecular formula is C19H19ClFN3O2. The summed E-state index contributed by atoms with van der Waals surface area (Å²) in [6.07, 6.45) is 1.31. The van der Waals surface area contributed by atoms with Gasteiger partial charge < -0.3 is 15.5 Å². The zero-order valence-corrected chi connectivity index (χ0v) is 14.8. The van der Waals surface area contributed by atoms with Crippen molar-refractivity contribution >= 4 is 29.2 Å². The Morgan fingerprint density at radius 3 is 2.35 bits per heavy atom. The van der Waals surface area contributed by atoms with Gasteiger partial charge in [-0.15, -0.1) is 0 Å². The molecule has 0 aliphatic carbocycles. The van der Waals surface area contributed by atoms with E-state index in [0.29, 0.717) is 42.2 Å². The molecule has 2 aromatic carbocycles. The standard InChI is InChI=1S/C19H19ClFN3O2/c20-16-3-1-2-4-17(16)23-19(26)24-11-9-15(10-12-24)22-18(25)13-5-7-14(21)8-6-13/h1-8,15H,9-12H2,(H,22,25)(H,23,26). The first-order valence-corrected chi connectivity index (χ1v) is 8.77. The highest BCUT2D eigenvalue weighted by molar-refractivity contribution is 6.33. The zero-order valence-electron chi connectivity index (χ0n) is 14.0. The number of anilines is 1. The maximum Gasteiger partial charge on any atom is 0.321 e. The highest BCUT2D eigenvalue weighted by Crippen LogP contribution is 2.21. The molecule has 2 aromatic rings. The van der Waals surface area contributed by atoms with E-state index in [0.717, 1.165) is 0 Å². The van der Waals surface area contributed by atoms with E-state index < -0.39 is 0 Å². The van der Waals surface area contributed by atoms with Crippen LogP contribution in [0.15, 0.2) is 48.5 Å². The second-order valence-corrected chi connectivity index (χ2v) is 6.56. The third-order valence-corrected chi connectivity index (χ3v) is 4.67. The van der Waals surface area contributed by atoms with Crippen molar-refractivity contribution in [1.29, 1.82) is 0 Å². The number of piperidine rings is 1. The number of halogens is 2. The lowest BCUT2D eigenvalue weighted by molar-refractivity contribution is 0.0919. The SMILES string of the molecule is O=C(NC1CCN(C(=O)Nc2ccccc2Cl)CC1)c1ccc(F)cc1. The molecule has 1 saturated heterocycles. The molecule has 136 valence electrons. The number of nitrogens with one attached hydrogen (secondary N) is 2. The van der Waals surface area contributed by atoms with Crippen LogP contribution in [0.3, 0.4) is 0 Å². The largest absolute Gasteiger partial charge is 0.349 e. The molecular weight excluding hydrogens is 357 g/mol. The van der Waals surface area contributed by atoms with E-state index in [-0.39, 0.29) is 23.8 Å². The molecule has 2 N–H and O–H groups in total. The Bertz CT molecular complexity index is 790. The average Bonchev–Trinajstić information content (AvgIpc) is 2.64. The number of hydrogen-bond donors (Lipinski definition) is 2. The van der Waals surface area contributed by atoms with Gasteiger partial charge in [-0.25, -0.2) is 9.18 Å². The highest BCUT2D eigenvalue weighted by Gasteiger charge is 2.24. The van der Waals surface area contributed by atoms with Gasteiger partial charge in [0.1, 0.15) is 5.82 Å². The Hall–Kier alpha value is -2.60. The fourth-order valence-corrected chi connectivity index (χ4v) is 3.04. The topological polar surface area (TPSA) is 61.4 Å². The van der Waals surface area contributed by atoms with Gasteiger partial charge in [-0.05, 0) is 49.2 Å². The van der Waals surface area contributed by atoms with Gasteiger partial charge in [0, 0.05) is 24.7 Å². The highest BCUT2D eigenvalue weighted by atomic mass is 35.5. The molecule has 26 heavy (non-hydrogen) atoms. The van der Waals surface area contributed by atoms with Crippen LogP contribution in [0.1, 0.15) is 23.2 Å².